The van der Waals surface area contributed by atoms with Gasteiger partial charge in [0.2, 0.25) is 11.6 Å². The lowest BCUT2D eigenvalue weighted by Crippen LogP contribution is -2.36. The highest BCUT2D eigenvalue weighted by Crippen LogP contribution is 2.28. The van der Waals surface area contributed by atoms with Gasteiger partial charge in [0.15, 0.2) is 21.6 Å². The van der Waals surface area contributed by atoms with Gasteiger partial charge < -0.3 is 26.2 Å². The third kappa shape index (κ3) is 8.44. The first-order valence-electron chi connectivity index (χ1n) is 17.6. The van der Waals surface area contributed by atoms with Gasteiger partial charge in [-0.25, -0.2) is 9.97 Å². The summed E-state index contributed by atoms with van der Waals surface area (Å²) in [5.74, 6) is -2.11. The normalized spacial score (nSPS) is 18.4. The molecular formula is C35H43N7O6S2. The lowest BCUT2D eigenvalue weighted by Gasteiger charge is -2.22. The molecule has 0 saturated heterocycles. The lowest BCUT2D eigenvalue weighted by atomic mass is 9.95. The third-order valence-corrected chi connectivity index (χ3v) is 11.6. The van der Waals surface area contributed by atoms with Crippen molar-refractivity contribution in [3.63, 3.8) is 0 Å². The van der Waals surface area contributed by atoms with Crippen molar-refractivity contribution in [2.75, 3.05) is 33.2 Å². The van der Waals surface area contributed by atoms with Gasteiger partial charge in [-0.05, 0) is 58.7 Å². The Balaban J connectivity index is 0.897. The maximum absolute atomic E-state index is 13.1. The molecule has 2 aromatic heterocycles. The molecule has 4 aliphatic carbocycles. The van der Waals surface area contributed by atoms with Crippen LogP contribution >= 0.6 is 22.7 Å². The van der Waals surface area contributed by atoms with Crippen molar-refractivity contribution in [1.82, 2.24) is 36.1 Å². The molecule has 15 heteroatoms. The van der Waals surface area contributed by atoms with E-state index >= 15 is 0 Å². The van der Waals surface area contributed by atoms with Crippen LogP contribution in [0, 0.1) is 0 Å². The summed E-state index contributed by atoms with van der Waals surface area (Å²) in [5.41, 5.74) is 0.421. The van der Waals surface area contributed by atoms with Crippen molar-refractivity contribution in [1.29, 1.82) is 0 Å². The topological polar surface area (TPSA) is 180 Å². The molecule has 0 spiro atoms. The quantitative estimate of drug-likeness (QED) is 0.208. The van der Waals surface area contributed by atoms with Crippen molar-refractivity contribution in [2.24, 2.45) is 0 Å². The number of thiazole rings is 2. The molecule has 0 aromatic carbocycles. The highest BCUT2D eigenvalue weighted by atomic mass is 32.1. The van der Waals surface area contributed by atoms with E-state index in [1.165, 1.54) is 25.0 Å². The van der Waals surface area contributed by atoms with Gasteiger partial charge in [-0.1, -0.05) is 38.5 Å². The van der Waals surface area contributed by atoms with Gasteiger partial charge in [0.1, 0.15) is 21.1 Å². The Bertz CT molecular complexity index is 1610. The summed E-state index contributed by atoms with van der Waals surface area (Å²) < 4.78 is 0. The Hall–Kier alpha value is -4.08. The molecule has 2 aromatic rings. The molecule has 4 N–H and O–H groups in total. The molecule has 2 fully saturated rings. The first kappa shape index (κ1) is 35.7. The van der Waals surface area contributed by atoms with Crippen LogP contribution in [0.25, 0.3) is 0 Å². The molecule has 2 heterocycles. The maximum atomic E-state index is 13.1. The Morgan fingerprint density at radius 2 is 1.08 bits per heavy atom. The van der Waals surface area contributed by atoms with Gasteiger partial charge in [-0.15, -0.1) is 22.7 Å². The molecule has 50 heavy (non-hydrogen) atoms. The average Bonchev–Trinajstić information content (AvgIpc) is 3.78. The fraction of sp³-hybridized carbons (Fsp3) is 0.543. The predicted molar refractivity (Wildman–Crippen MR) is 189 cm³/mol. The summed E-state index contributed by atoms with van der Waals surface area (Å²) in [6.45, 7) is 2.35. The van der Waals surface area contributed by atoms with Crippen molar-refractivity contribution in [3.8, 4) is 0 Å². The van der Waals surface area contributed by atoms with E-state index < -0.39 is 0 Å². The number of fused-ring (bicyclic) bond motifs is 2. The Morgan fingerprint density at radius 3 is 1.48 bits per heavy atom. The minimum atomic E-state index is -0.388. The van der Waals surface area contributed by atoms with Gasteiger partial charge in [-0.2, -0.15) is 0 Å². The fourth-order valence-corrected chi connectivity index (χ4v) is 8.52. The van der Waals surface area contributed by atoms with E-state index in [1.54, 1.807) is 0 Å². The van der Waals surface area contributed by atoms with Crippen LogP contribution < -0.4 is 21.3 Å². The molecule has 2 saturated carbocycles. The minimum Gasteiger partial charge on any atom is -0.382 e. The number of carbonyl (C=O) groups excluding carboxylic acids is 6. The molecular weight excluding hydrogens is 679 g/mol. The Labute approximate surface area is 298 Å². The van der Waals surface area contributed by atoms with Crippen LogP contribution in [-0.4, -0.2) is 95.1 Å². The molecule has 0 unspecified atom stereocenters. The summed E-state index contributed by atoms with van der Waals surface area (Å²) in [5, 5.41) is 12.4. The highest BCUT2D eigenvalue weighted by molar-refractivity contribution is 7.16. The second-order valence-corrected chi connectivity index (χ2v) is 15.4. The summed E-state index contributed by atoms with van der Waals surface area (Å²) in [7, 11) is 1.96. The van der Waals surface area contributed by atoms with Gasteiger partial charge >= 0.3 is 0 Å². The number of aromatic nitrogens is 2. The lowest BCUT2D eigenvalue weighted by molar-refractivity contribution is 0.0917. The number of Topliss-reactive ketones (excluding diaryl/α,β-unsaturated/α-hetero) is 2. The first-order valence-corrected chi connectivity index (χ1v) is 19.2. The third-order valence-electron chi connectivity index (χ3n) is 9.51. The smallest absolute Gasteiger partial charge is 0.280 e. The predicted octanol–water partition coefficient (Wildman–Crippen LogP) is 3.84. The van der Waals surface area contributed by atoms with E-state index in [-0.39, 0.29) is 89.6 Å². The van der Waals surface area contributed by atoms with E-state index in [1.807, 2.05) is 7.05 Å². The number of rotatable bonds is 14. The number of hydrogen-bond acceptors (Lipinski definition) is 13. The van der Waals surface area contributed by atoms with Gasteiger partial charge in [-0.3, -0.25) is 28.8 Å². The number of ketones is 4. The van der Waals surface area contributed by atoms with Gasteiger partial charge in [0, 0.05) is 37.3 Å². The number of allylic oxidation sites excluding steroid dienone is 4. The second kappa shape index (κ2) is 16.3. The number of amides is 2. The number of hydrogen-bond donors (Lipinski definition) is 4. The number of nitrogens with one attached hydrogen (secondary N) is 4. The van der Waals surface area contributed by atoms with E-state index in [0.717, 1.165) is 74.0 Å². The summed E-state index contributed by atoms with van der Waals surface area (Å²) in [4.78, 5) is 88.2. The SMILES string of the molecule is CN(CCCNC1=CC(=O)c2sc(C(=O)NC3CCCCC3)nc2C1=O)CCCNC1=CC(=O)c2sc(C(=O)NC3CCCCC3)nc2C1=O. The molecule has 4 aliphatic rings. The van der Waals surface area contributed by atoms with Gasteiger partial charge in [0.25, 0.3) is 11.8 Å². The molecule has 266 valence electrons. The monoisotopic (exact) mass is 721 g/mol. The van der Waals surface area contributed by atoms with Crippen LogP contribution in [0.5, 0.6) is 0 Å². The molecule has 13 nitrogen and oxygen atoms in total. The number of carbonyl (C=O) groups is 6. The standard InChI is InChI=1S/C35H43N7O6S2/c1-42(16-8-14-36-22-18-24(43)30-26(28(22)45)40-34(49-30)32(47)38-20-10-4-2-5-11-20)17-9-15-37-23-19-25(44)31-27(29(23)46)41-35(50-31)33(48)39-21-12-6-3-7-13-21/h18-21,36-37H,2-17H2,1H3,(H,38,47)(H,39,48). The number of nitrogens with zero attached hydrogens (tertiary/aromatic N) is 3. The molecule has 0 bridgehead atoms. The van der Waals surface area contributed by atoms with Crippen LogP contribution in [0.4, 0.5) is 0 Å². The van der Waals surface area contributed by atoms with E-state index in [0.29, 0.717) is 39.0 Å². The van der Waals surface area contributed by atoms with E-state index in [4.69, 9.17) is 0 Å². The van der Waals surface area contributed by atoms with Crippen LogP contribution in [-0.2, 0) is 0 Å². The second-order valence-electron chi connectivity index (χ2n) is 13.4. The van der Waals surface area contributed by atoms with Crippen molar-refractivity contribution in [3.05, 3.63) is 54.7 Å². The molecule has 0 atom stereocenters. The van der Waals surface area contributed by atoms with Crippen molar-refractivity contribution < 1.29 is 28.8 Å². The zero-order valence-corrected chi connectivity index (χ0v) is 29.9. The van der Waals surface area contributed by atoms with Gasteiger partial charge in [0.05, 0.1) is 11.4 Å². The van der Waals surface area contributed by atoms with Crippen molar-refractivity contribution in [2.45, 2.75) is 89.1 Å². The zero-order chi connectivity index (χ0) is 35.2. The molecule has 0 aliphatic heterocycles. The van der Waals surface area contributed by atoms with Crippen LogP contribution in [0.1, 0.15) is 137 Å². The average molecular weight is 722 g/mol. The zero-order valence-electron chi connectivity index (χ0n) is 28.2. The summed E-state index contributed by atoms with van der Waals surface area (Å²) >= 11 is 1.93. The van der Waals surface area contributed by atoms with E-state index in [2.05, 4.69) is 36.1 Å². The largest absolute Gasteiger partial charge is 0.382 e. The van der Waals surface area contributed by atoms with Crippen LogP contribution in [0.2, 0.25) is 0 Å². The Kier molecular flexibility index (Phi) is 11.6. The minimum absolute atomic E-state index is 0.0308. The summed E-state index contributed by atoms with van der Waals surface area (Å²) in [6.07, 6.45) is 14.3. The first-order chi connectivity index (χ1) is 24.2. The van der Waals surface area contributed by atoms with E-state index in [9.17, 15) is 28.8 Å². The summed E-state index contributed by atoms with van der Waals surface area (Å²) in [6, 6.07) is 0.205. The molecule has 2 amide bonds. The Morgan fingerprint density at radius 1 is 0.680 bits per heavy atom. The molecule has 0 radical (unpaired) electrons. The molecule has 6 rings (SSSR count). The highest BCUT2D eigenvalue weighted by Gasteiger charge is 2.33. The van der Waals surface area contributed by atoms with Crippen LogP contribution in [0.3, 0.4) is 0 Å². The fourth-order valence-electron chi connectivity index (χ4n) is 6.76. The maximum Gasteiger partial charge on any atom is 0.280 e. The van der Waals surface area contributed by atoms with Crippen molar-refractivity contribution >= 4 is 57.6 Å². The van der Waals surface area contributed by atoms with Crippen LogP contribution in [0.15, 0.2) is 23.5 Å².